The molecule has 1 unspecified atom stereocenters. The number of ether oxygens (including phenoxy) is 1. The molecule has 1 aliphatic heterocycles. The summed E-state index contributed by atoms with van der Waals surface area (Å²) in [7, 11) is 0. The summed E-state index contributed by atoms with van der Waals surface area (Å²) in [6.45, 7) is 9.94. The summed E-state index contributed by atoms with van der Waals surface area (Å²) in [5.41, 5.74) is 0. The fourth-order valence-electron chi connectivity index (χ4n) is 1.89. The lowest BCUT2D eigenvalue weighted by molar-refractivity contribution is 0.0302. The van der Waals surface area contributed by atoms with Crippen LogP contribution >= 0.6 is 0 Å². The van der Waals surface area contributed by atoms with E-state index in [9.17, 15) is 0 Å². The highest BCUT2D eigenvalue weighted by atomic mass is 16.5. The minimum atomic E-state index is 0.372. The highest BCUT2D eigenvalue weighted by Gasteiger charge is 2.20. The maximum atomic E-state index is 5.67. The number of rotatable bonds is 5. The van der Waals surface area contributed by atoms with E-state index in [2.05, 4.69) is 25.7 Å². The molecule has 0 N–H and O–H groups in total. The summed E-state index contributed by atoms with van der Waals surface area (Å²) in [5.74, 6) is 0. The van der Waals surface area contributed by atoms with Crippen molar-refractivity contribution in [1.82, 2.24) is 4.90 Å². The Kier molecular flexibility index (Phi) is 4.74. The molecule has 1 atom stereocenters. The fraction of sp³-hybridized carbons (Fsp3) is 1.00. The molecule has 0 aromatic heterocycles. The van der Waals surface area contributed by atoms with Gasteiger partial charge < -0.3 is 4.74 Å². The van der Waals surface area contributed by atoms with E-state index in [-0.39, 0.29) is 0 Å². The molecule has 0 bridgehead atoms. The molecular weight excluding hydrogens is 162 g/mol. The predicted molar refractivity (Wildman–Crippen MR) is 56.0 cm³/mol. The van der Waals surface area contributed by atoms with Gasteiger partial charge in [0.1, 0.15) is 0 Å². The molecule has 0 aromatic rings. The van der Waals surface area contributed by atoms with Crippen LogP contribution in [0.3, 0.4) is 0 Å². The van der Waals surface area contributed by atoms with Gasteiger partial charge in [0.2, 0.25) is 0 Å². The van der Waals surface area contributed by atoms with Crippen LogP contribution in [0.1, 0.15) is 40.0 Å². The predicted octanol–water partition coefficient (Wildman–Crippen LogP) is 2.29. The van der Waals surface area contributed by atoms with E-state index in [0.29, 0.717) is 12.1 Å². The van der Waals surface area contributed by atoms with Crippen molar-refractivity contribution in [2.75, 3.05) is 19.7 Å². The summed E-state index contributed by atoms with van der Waals surface area (Å²) in [4.78, 5) is 2.57. The SMILES string of the molecule is CCC(COC(C)C)N1CCCC1. The van der Waals surface area contributed by atoms with Gasteiger partial charge in [-0.05, 0) is 46.2 Å². The van der Waals surface area contributed by atoms with Gasteiger partial charge in [0.05, 0.1) is 12.7 Å². The van der Waals surface area contributed by atoms with Crippen LogP contribution in [0.4, 0.5) is 0 Å². The largest absolute Gasteiger partial charge is 0.377 e. The van der Waals surface area contributed by atoms with Crippen molar-refractivity contribution in [3.63, 3.8) is 0 Å². The maximum Gasteiger partial charge on any atom is 0.0625 e. The first-order chi connectivity index (χ1) is 6.24. The Morgan fingerprint density at radius 2 is 1.85 bits per heavy atom. The van der Waals surface area contributed by atoms with Gasteiger partial charge in [-0.25, -0.2) is 0 Å². The van der Waals surface area contributed by atoms with E-state index >= 15 is 0 Å². The molecule has 1 aliphatic rings. The minimum absolute atomic E-state index is 0.372. The van der Waals surface area contributed by atoms with Gasteiger partial charge in [0, 0.05) is 6.04 Å². The first-order valence-electron chi connectivity index (χ1n) is 5.59. The van der Waals surface area contributed by atoms with Crippen molar-refractivity contribution in [2.45, 2.75) is 52.2 Å². The fourth-order valence-corrected chi connectivity index (χ4v) is 1.89. The van der Waals surface area contributed by atoms with E-state index in [1.807, 2.05) is 0 Å². The van der Waals surface area contributed by atoms with E-state index in [4.69, 9.17) is 4.74 Å². The van der Waals surface area contributed by atoms with E-state index in [1.54, 1.807) is 0 Å². The van der Waals surface area contributed by atoms with Gasteiger partial charge in [0.25, 0.3) is 0 Å². The van der Waals surface area contributed by atoms with Crippen molar-refractivity contribution in [3.05, 3.63) is 0 Å². The maximum absolute atomic E-state index is 5.67. The lowest BCUT2D eigenvalue weighted by Gasteiger charge is -2.26. The summed E-state index contributed by atoms with van der Waals surface area (Å²) in [6.07, 6.45) is 4.33. The standard InChI is InChI=1S/C11H23NO/c1-4-11(9-13-10(2)3)12-7-5-6-8-12/h10-11H,4-9H2,1-3H3. The summed E-state index contributed by atoms with van der Waals surface area (Å²) < 4.78 is 5.67. The zero-order chi connectivity index (χ0) is 9.68. The summed E-state index contributed by atoms with van der Waals surface area (Å²) >= 11 is 0. The molecule has 1 rings (SSSR count). The Balaban J connectivity index is 2.24. The van der Waals surface area contributed by atoms with Crippen LogP contribution in [-0.4, -0.2) is 36.7 Å². The molecule has 13 heavy (non-hydrogen) atoms. The average molecular weight is 185 g/mol. The van der Waals surface area contributed by atoms with Crippen LogP contribution in [0, 0.1) is 0 Å². The smallest absolute Gasteiger partial charge is 0.0625 e. The average Bonchev–Trinajstić information content (AvgIpc) is 2.58. The van der Waals surface area contributed by atoms with Crippen LogP contribution in [-0.2, 0) is 4.74 Å². The van der Waals surface area contributed by atoms with E-state index in [0.717, 1.165) is 6.61 Å². The summed E-state index contributed by atoms with van der Waals surface area (Å²) in [6, 6.07) is 0.657. The molecular formula is C11H23NO. The van der Waals surface area contributed by atoms with Gasteiger partial charge in [-0.2, -0.15) is 0 Å². The molecule has 2 nitrogen and oxygen atoms in total. The number of likely N-dealkylation sites (tertiary alicyclic amines) is 1. The van der Waals surface area contributed by atoms with Crippen LogP contribution in [0.25, 0.3) is 0 Å². The van der Waals surface area contributed by atoms with Crippen LogP contribution in [0.2, 0.25) is 0 Å². The monoisotopic (exact) mass is 185 g/mol. The van der Waals surface area contributed by atoms with Crippen molar-refractivity contribution in [2.24, 2.45) is 0 Å². The second-order valence-corrected chi connectivity index (χ2v) is 4.19. The number of nitrogens with zero attached hydrogens (tertiary/aromatic N) is 1. The molecule has 0 aromatic carbocycles. The molecule has 0 amide bonds. The molecule has 0 aliphatic carbocycles. The number of hydrogen-bond donors (Lipinski definition) is 0. The van der Waals surface area contributed by atoms with Gasteiger partial charge in [0.15, 0.2) is 0 Å². The molecule has 0 radical (unpaired) electrons. The molecule has 0 saturated carbocycles. The zero-order valence-electron chi connectivity index (χ0n) is 9.25. The topological polar surface area (TPSA) is 12.5 Å². The Bertz CT molecular complexity index is 130. The van der Waals surface area contributed by atoms with Crippen molar-refractivity contribution in [3.8, 4) is 0 Å². The van der Waals surface area contributed by atoms with Gasteiger partial charge in [-0.3, -0.25) is 4.90 Å². The molecule has 1 saturated heterocycles. The normalized spacial score (nSPS) is 21.2. The Labute approximate surface area is 82.3 Å². The van der Waals surface area contributed by atoms with Gasteiger partial charge in [-0.1, -0.05) is 6.92 Å². The Morgan fingerprint density at radius 1 is 1.23 bits per heavy atom. The summed E-state index contributed by atoms with van der Waals surface area (Å²) in [5, 5.41) is 0. The van der Waals surface area contributed by atoms with E-state index < -0.39 is 0 Å². The molecule has 1 fully saturated rings. The lowest BCUT2D eigenvalue weighted by atomic mass is 10.2. The van der Waals surface area contributed by atoms with Crippen molar-refractivity contribution in [1.29, 1.82) is 0 Å². The second kappa shape index (κ2) is 5.61. The molecule has 0 spiro atoms. The highest BCUT2D eigenvalue weighted by molar-refractivity contribution is 4.75. The quantitative estimate of drug-likeness (QED) is 0.651. The minimum Gasteiger partial charge on any atom is -0.377 e. The van der Waals surface area contributed by atoms with Crippen molar-refractivity contribution < 1.29 is 4.74 Å². The zero-order valence-corrected chi connectivity index (χ0v) is 9.25. The second-order valence-electron chi connectivity index (χ2n) is 4.19. The van der Waals surface area contributed by atoms with E-state index in [1.165, 1.54) is 32.4 Å². The molecule has 1 heterocycles. The Morgan fingerprint density at radius 3 is 2.31 bits per heavy atom. The molecule has 2 heteroatoms. The van der Waals surface area contributed by atoms with Gasteiger partial charge >= 0.3 is 0 Å². The van der Waals surface area contributed by atoms with Gasteiger partial charge in [-0.15, -0.1) is 0 Å². The lowest BCUT2D eigenvalue weighted by Crippen LogP contribution is -2.36. The third-order valence-corrected chi connectivity index (χ3v) is 2.75. The van der Waals surface area contributed by atoms with Crippen LogP contribution in [0.15, 0.2) is 0 Å². The number of hydrogen-bond acceptors (Lipinski definition) is 2. The first kappa shape index (κ1) is 11.0. The molecule has 78 valence electrons. The third-order valence-electron chi connectivity index (χ3n) is 2.75. The Hall–Kier alpha value is -0.0800. The van der Waals surface area contributed by atoms with Crippen molar-refractivity contribution >= 4 is 0 Å². The third kappa shape index (κ3) is 3.65. The van der Waals surface area contributed by atoms with Crippen LogP contribution < -0.4 is 0 Å². The highest BCUT2D eigenvalue weighted by Crippen LogP contribution is 2.14. The first-order valence-corrected chi connectivity index (χ1v) is 5.59. The van der Waals surface area contributed by atoms with Crippen LogP contribution in [0.5, 0.6) is 0 Å².